The molecule has 1 aromatic heterocycles. The second-order valence-corrected chi connectivity index (χ2v) is 4.57. The molecule has 5 nitrogen and oxygen atoms in total. The van der Waals surface area contributed by atoms with E-state index < -0.39 is 0 Å². The zero-order chi connectivity index (χ0) is 11.1. The van der Waals surface area contributed by atoms with Crippen LogP contribution in [0.15, 0.2) is 6.33 Å². The van der Waals surface area contributed by atoms with Crippen molar-refractivity contribution in [2.45, 2.75) is 25.4 Å². The highest BCUT2D eigenvalue weighted by molar-refractivity contribution is 5.73. The number of imidazole rings is 1. The summed E-state index contributed by atoms with van der Waals surface area (Å²) in [6.07, 6.45) is 3.61. The van der Waals surface area contributed by atoms with Crippen LogP contribution in [0.25, 0.3) is 0 Å². The summed E-state index contributed by atoms with van der Waals surface area (Å²) in [4.78, 5) is 21.3. The Morgan fingerprint density at radius 3 is 3.38 bits per heavy atom. The first-order valence-electron chi connectivity index (χ1n) is 5.61. The van der Waals surface area contributed by atoms with E-state index in [4.69, 9.17) is 4.74 Å². The molecule has 2 atom stereocenters. The van der Waals surface area contributed by atoms with Crippen LogP contribution in [0.2, 0.25) is 0 Å². The second kappa shape index (κ2) is 3.59. The number of aromatic amines is 1. The molecule has 5 heteroatoms. The number of hydrogen-bond acceptors (Lipinski definition) is 4. The molecule has 0 amide bonds. The van der Waals surface area contributed by atoms with Gasteiger partial charge < -0.3 is 9.72 Å². The van der Waals surface area contributed by atoms with Crippen LogP contribution in [0.3, 0.4) is 0 Å². The van der Waals surface area contributed by atoms with Crippen molar-refractivity contribution in [3.8, 4) is 0 Å². The molecule has 2 aliphatic rings. The van der Waals surface area contributed by atoms with Crippen LogP contribution >= 0.6 is 0 Å². The molecular formula is C11H15N3O2. The molecule has 2 aliphatic heterocycles. The fraction of sp³-hybridized carbons (Fsp3) is 0.636. The topological polar surface area (TPSA) is 58.2 Å². The number of nitrogens with one attached hydrogen (secondary N) is 1. The second-order valence-electron chi connectivity index (χ2n) is 4.57. The Morgan fingerprint density at radius 1 is 1.69 bits per heavy atom. The van der Waals surface area contributed by atoms with Crippen LogP contribution in [0.4, 0.5) is 0 Å². The molecule has 0 aliphatic carbocycles. The van der Waals surface area contributed by atoms with E-state index >= 15 is 0 Å². The number of aromatic nitrogens is 2. The van der Waals surface area contributed by atoms with Gasteiger partial charge in [0.15, 0.2) is 0 Å². The van der Waals surface area contributed by atoms with Gasteiger partial charge >= 0.3 is 5.97 Å². The van der Waals surface area contributed by atoms with Crippen LogP contribution < -0.4 is 0 Å². The first-order valence-corrected chi connectivity index (χ1v) is 5.61. The molecule has 3 heterocycles. The molecule has 1 saturated heterocycles. The largest absolute Gasteiger partial charge is 0.469 e. The van der Waals surface area contributed by atoms with Crippen LogP contribution in [0.5, 0.6) is 0 Å². The number of hydrogen-bond donors (Lipinski definition) is 1. The van der Waals surface area contributed by atoms with E-state index in [2.05, 4.69) is 14.9 Å². The highest BCUT2D eigenvalue weighted by atomic mass is 16.5. The van der Waals surface area contributed by atoms with Crippen molar-refractivity contribution in [2.24, 2.45) is 5.92 Å². The predicted octanol–water partition coefficient (Wildman–Crippen LogP) is 0.329. The average Bonchev–Trinajstić information content (AvgIpc) is 2.89. The Balaban J connectivity index is 1.76. The van der Waals surface area contributed by atoms with E-state index in [-0.39, 0.29) is 11.9 Å². The summed E-state index contributed by atoms with van der Waals surface area (Å²) in [7, 11) is 1.46. The number of carbonyl (C=O) groups excluding carboxylic acids is 1. The Bertz CT molecular complexity index is 387. The Kier molecular flexibility index (Phi) is 2.21. The van der Waals surface area contributed by atoms with Crippen molar-refractivity contribution < 1.29 is 9.53 Å². The summed E-state index contributed by atoms with van der Waals surface area (Å²) >= 11 is 0. The number of fused-ring (bicyclic) bond motifs is 2. The molecular weight excluding hydrogens is 206 g/mol. The molecule has 0 saturated carbocycles. The number of carbonyl (C=O) groups is 1. The number of methoxy groups -OCH3 is 1. The highest BCUT2D eigenvalue weighted by Gasteiger charge is 2.39. The van der Waals surface area contributed by atoms with Crippen LogP contribution in [0.1, 0.15) is 17.8 Å². The third-order valence-corrected chi connectivity index (χ3v) is 3.66. The molecule has 16 heavy (non-hydrogen) atoms. The standard InChI is InChI=1S/C11H15N3O2/c1-16-11(15)7-2-8-3-9-10(13-6-12-9)5-14(8)4-7/h6-8H,2-5H2,1H3,(H,12,13)/t7-,8-/m0/s1. The summed E-state index contributed by atoms with van der Waals surface area (Å²) < 4.78 is 4.81. The summed E-state index contributed by atoms with van der Waals surface area (Å²) in [5, 5.41) is 0. The van der Waals surface area contributed by atoms with Crippen molar-refractivity contribution in [1.29, 1.82) is 0 Å². The molecule has 86 valence electrons. The van der Waals surface area contributed by atoms with E-state index in [1.54, 1.807) is 6.33 Å². The van der Waals surface area contributed by atoms with Gasteiger partial charge in [-0.1, -0.05) is 0 Å². The van der Waals surface area contributed by atoms with Gasteiger partial charge in [-0.15, -0.1) is 0 Å². The molecule has 0 radical (unpaired) electrons. The Labute approximate surface area is 93.8 Å². The van der Waals surface area contributed by atoms with Gasteiger partial charge in [0.1, 0.15) is 0 Å². The van der Waals surface area contributed by atoms with E-state index in [1.165, 1.54) is 12.8 Å². The van der Waals surface area contributed by atoms with Crippen molar-refractivity contribution in [1.82, 2.24) is 14.9 Å². The first-order chi connectivity index (χ1) is 7.78. The first kappa shape index (κ1) is 9.84. The van der Waals surface area contributed by atoms with Crippen LogP contribution in [-0.2, 0) is 22.5 Å². The van der Waals surface area contributed by atoms with Gasteiger partial charge in [-0.25, -0.2) is 4.98 Å². The number of ether oxygens (including phenoxy) is 1. The number of esters is 1. The van der Waals surface area contributed by atoms with Crippen molar-refractivity contribution >= 4 is 5.97 Å². The van der Waals surface area contributed by atoms with Crippen molar-refractivity contribution in [3.05, 3.63) is 17.7 Å². The van der Waals surface area contributed by atoms with Gasteiger partial charge in [-0.3, -0.25) is 9.69 Å². The SMILES string of the molecule is COC(=O)[C@H]1C[C@H]2Cc3nc[nH]c3CN2C1. The molecule has 0 spiro atoms. The molecule has 1 fully saturated rings. The normalized spacial score (nSPS) is 28.6. The lowest BCUT2D eigenvalue weighted by atomic mass is 10.00. The number of H-pyrrole nitrogens is 1. The van der Waals surface area contributed by atoms with Crippen LogP contribution in [0, 0.1) is 5.92 Å². The van der Waals surface area contributed by atoms with Gasteiger partial charge in [-0.05, 0) is 6.42 Å². The molecule has 0 aromatic carbocycles. The number of nitrogens with zero attached hydrogens (tertiary/aromatic N) is 2. The maximum absolute atomic E-state index is 11.5. The Hall–Kier alpha value is -1.36. The minimum absolute atomic E-state index is 0.0407. The monoisotopic (exact) mass is 221 g/mol. The zero-order valence-corrected chi connectivity index (χ0v) is 9.27. The quantitative estimate of drug-likeness (QED) is 0.694. The lowest BCUT2D eigenvalue weighted by Gasteiger charge is -2.28. The van der Waals surface area contributed by atoms with E-state index in [0.717, 1.165) is 31.6 Å². The predicted molar refractivity (Wildman–Crippen MR) is 56.6 cm³/mol. The minimum atomic E-state index is -0.0778. The minimum Gasteiger partial charge on any atom is -0.469 e. The summed E-state index contributed by atoms with van der Waals surface area (Å²) in [5.74, 6) is -0.0370. The smallest absolute Gasteiger partial charge is 0.310 e. The van der Waals surface area contributed by atoms with E-state index in [0.29, 0.717) is 6.04 Å². The van der Waals surface area contributed by atoms with E-state index in [9.17, 15) is 4.79 Å². The van der Waals surface area contributed by atoms with Crippen molar-refractivity contribution in [2.75, 3.05) is 13.7 Å². The summed E-state index contributed by atoms with van der Waals surface area (Å²) in [6, 6.07) is 0.458. The maximum Gasteiger partial charge on any atom is 0.310 e. The van der Waals surface area contributed by atoms with Gasteiger partial charge in [0.25, 0.3) is 0 Å². The molecule has 3 rings (SSSR count). The van der Waals surface area contributed by atoms with Gasteiger partial charge in [0.2, 0.25) is 0 Å². The van der Waals surface area contributed by atoms with Gasteiger partial charge in [-0.2, -0.15) is 0 Å². The molecule has 0 unspecified atom stereocenters. The highest BCUT2D eigenvalue weighted by Crippen LogP contribution is 2.32. The lowest BCUT2D eigenvalue weighted by Crippen LogP contribution is -2.35. The fourth-order valence-corrected chi connectivity index (χ4v) is 2.82. The molecule has 1 N–H and O–H groups in total. The van der Waals surface area contributed by atoms with Gasteiger partial charge in [0.05, 0.1) is 30.7 Å². The molecule has 1 aromatic rings. The van der Waals surface area contributed by atoms with Crippen LogP contribution in [-0.4, -0.2) is 40.5 Å². The fourth-order valence-electron chi connectivity index (χ4n) is 2.82. The maximum atomic E-state index is 11.5. The zero-order valence-electron chi connectivity index (χ0n) is 9.27. The average molecular weight is 221 g/mol. The third kappa shape index (κ3) is 1.43. The third-order valence-electron chi connectivity index (χ3n) is 3.66. The van der Waals surface area contributed by atoms with Crippen molar-refractivity contribution in [3.63, 3.8) is 0 Å². The summed E-state index contributed by atoms with van der Waals surface area (Å²) in [6.45, 7) is 1.70. The van der Waals surface area contributed by atoms with Gasteiger partial charge in [0, 0.05) is 25.6 Å². The lowest BCUT2D eigenvalue weighted by molar-refractivity contribution is -0.144. The number of rotatable bonds is 1. The summed E-state index contributed by atoms with van der Waals surface area (Å²) in [5.41, 5.74) is 2.36. The molecule has 0 bridgehead atoms. The Morgan fingerprint density at radius 2 is 2.56 bits per heavy atom. The van der Waals surface area contributed by atoms with E-state index in [1.807, 2.05) is 0 Å².